The quantitative estimate of drug-likeness (QED) is 0.898. The van der Waals surface area contributed by atoms with Crippen LogP contribution in [0.4, 0.5) is 0 Å². The van der Waals surface area contributed by atoms with Gasteiger partial charge in [-0.05, 0) is 25.5 Å². The molecule has 3 rings (SSSR count). The van der Waals surface area contributed by atoms with Gasteiger partial charge < -0.3 is 5.32 Å². The Morgan fingerprint density at radius 1 is 1.30 bits per heavy atom. The van der Waals surface area contributed by atoms with E-state index in [1.165, 1.54) is 0 Å². The van der Waals surface area contributed by atoms with Crippen LogP contribution in [0.2, 0.25) is 0 Å². The van der Waals surface area contributed by atoms with Gasteiger partial charge in [-0.15, -0.1) is 0 Å². The van der Waals surface area contributed by atoms with Crippen molar-refractivity contribution in [3.05, 3.63) is 29.8 Å². The standard InChI is InChI=1S/C14H20N2O2S2/c1-11-2-4-12(5-3-11)20(17,18)16-8-6-13-14(10-16)19-9-7-15-13/h2-5,13-15H,6-10H2,1H3/t13-,14-/m0/s1. The number of nitrogens with zero attached hydrogens (tertiary/aromatic N) is 1. The normalized spacial score (nSPS) is 28.1. The molecule has 2 aliphatic heterocycles. The topological polar surface area (TPSA) is 49.4 Å². The molecule has 0 bridgehead atoms. The van der Waals surface area contributed by atoms with Crippen LogP contribution >= 0.6 is 11.8 Å². The number of sulfonamides is 1. The van der Waals surface area contributed by atoms with Crippen molar-refractivity contribution in [3.63, 3.8) is 0 Å². The number of nitrogens with one attached hydrogen (secondary N) is 1. The van der Waals surface area contributed by atoms with E-state index in [9.17, 15) is 8.42 Å². The molecule has 2 saturated heterocycles. The fourth-order valence-electron chi connectivity index (χ4n) is 2.82. The summed E-state index contributed by atoms with van der Waals surface area (Å²) >= 11 is 1.90. The highest BCUT2D eigenvalue weighted by Gasteiger charge is 2.36. The second kappa shape index (κ2) is 5.67. The number of fused-ring (bicyclic) bond motifs is 1. The third-order valence-corrected chi connectivity index (χ3v) is 7.25. The molecule has 0 amide bonds. The van der Waals surface area contributed by atoms with E-state index in [4.69, 9.17) is 0 Å². The smallest absolute Gasteiger partial charge is 0.243 e. The molecule has 0 aliphatic carbocycles. The Balaban J connectivity index is 1.79. The van der Waals surface area contributed by atoms with Gasteiger partial charge in [-0.2, -0.15) is 16.1 Å². The lowest BCUT2D eigenvalue weighted by molar-refractivity contribution is 0.296. The number of hydrogen-bond donors (Lipinski definition) is 1. The van der Waals surface area contributed by atoms with Gasteiger partial charge >= 0.3 is 0 Å². The van der Waals surface area contributed by atoms with Crippen LogP contribution in [0.5, 0.6) is 0 Å². The summed E-state index contributed by atoms with van der Waals surface area (Å²) in [7, 11) is -3.34. The molecule has 0 radical (unpaired) electrons. The highest BCUT2D eigenvalue weighted by Crippen LogP contribution is 2.29. The van der Waals surface area contributed by atoms with Crippen molar-refractivity contribution in [1.29, 1.82) is 0 Å². The van der Waals surface area contributed by atoms with Crippen LogP contribution in [0, 0.1) is 6.92 Å². The third-order valence-electron chi connectivity index (χ3n) is 4.02. The van der Waals surface area contributed by atoms with Crippen LogP contribution in [0.25, 0.3) is 0 Å². The van der Waals surface area contributed by atoms with Crippen molar-refractivity contribution >= 4 is 21.8 Å². The van der Waals surface area contributed by atoms with Gasteiger partial charge in [0.15, 0.2) is 0 Å². The summed E-state index contributed by atoms with van der Waals surface area (Å²) in [6.07, 6.45) is 0.906. The van der Waals surface area contributed by atoms with Crippen LogP contribution < -0.4 is 5.32 Å². The minimum Gasteiger partial charge on any atom is -0.312 e. The number of piperidine rings is 1. The first kappa shape index (κ1) is 14.4. The molecule has 6 heteroatoms. The molecule has 1 aromatic carbocycles. The van der Waals surface area contributed by atoms with E-state index in [1.54, 1.807) is 16.4 Å². The molecule has 110 valence electrons. The average Bonchev–Trinajstić information content (AvgIpc) is 2.47. The fraction of sp³-hybridized carbons (Fsp3) is 0.571. The van der Waals surface area contributed by atoms with Crippen LogP contribution in [-0.2, 0) is 10.0 Å². The molecule has 0 spiro atoms. The fourth-order valence-corrected chi connectivity index (χ4v) is 5.69. The van der Waals surface area contributed by atoms with Crippen molar-refractivity contribution in [2.24, 2.45) is 0 Å². The maximum absolute atomic E-state index is 12.7. The summed E-state index contributed by atoms with van der Waals surface area (Å²) < 4.78 is 27.0. The SMILES string of the molecule is Cc1ccc(S(=O)(=O)N2CC[C@@H]3NCCS[C@H]3C2)cc1. The third kappa shape index (κ3) is 2.74. The first-order valence-corrected chi connectivity index (χ1v) is 9.48. The molecule has 20 heavy (non-hydrogen) atoms. The average molecular weight is 312 g/mol. The van der Waals surface area contributed by atoms with Crippen LogP contribution in [0.3, 0.4) is 0 Å². The molecule has 1 N–H and O–H groups in total. The van der Waals surface area contributed by atoms with E-state index in [0.717, 1.165) is 24.3 Å². The number of thioether (sulfide) groups is 1. The number of aryl methyl sites for hydroxylation is 1. The maximum Gasteiger partial charge on any atom is 0.243 e. The summed E-state index contributed by atoms with van der Waals surface area (Å²) in [6, 6.07) is 7.61. The van der Waals surface area contributed by atoms with E-state index in [0.29, 0.717) is 29.3 Å². The zero-order valence-electron chi connectivity index (χ0n) is 11.6. The second-order valence-electron chi connectivity index (χ2n) is 5.43. The Labute approximate surface area is 125 Å². The van der Waals surface area contributed by atoms with Crippen molar-refractivity contribution in [1.82, 2.24) is 9.62 Å². The van der Waals surface area contributed by atoms with Gasteiger partial charge in [-0.3, -0.25) is 0 Å². The number of benzene rings is 1. The van der Waals surface area contributed by atoms with Gasteiger partial charge in [-0.25, -0.2) is 8.42 Å². The maximum atomic E-state index is 12.7. The summed E-state index contributed by atoms with van der Waals surface area (Å²) in [5.41, 5.74) is 1.08. The molecule has 4 nitrogen and oxygen atoms in total. The summed E-state index contributed by atoms with van der Waals surface area (Å²) in [5.74, 6) is 1.07. The van der Waals surface area contributed by atoms with Gasteiger partial charge in [0.05, 0.1) is 4.90 Å². The molecule has 1 aromatic rings. The number of rotatable bonds is 2. The minimum absolute atomic E-state index is 0.387. The van der Waals surface area contributed by atoms with Crippen LogP contribution in [0.1, 0.15) is 12.0 Å². The lowest BCUT2D eigenvalue weighted by Gasteiger charge is -2.40. The first-order chi connectivity index (χ1) is 9.57. The van der Waals surface area contributed by atoms with E-state index < -0.39 is 10.0 Å². The predicted octanol–water partition coefficient (Wildman–Crippen LogP) is 1.46. The highest BCUT2D eigenvalue weighted by molar-refractivity contribution is 8.00. The Morgan fingerprint density at radius 3 is 2.80 bits per heavy atom. The van der Waals surface area contributed by atoms with Crippen LogP contribution in [-0.4, -0.2) is 49.4 Å². The van der Waals surface area contributed by atoms with E-state index in [1.807, 2.05) is 30.8 Å². The molecule has 2 atom stereocenters. The molecule has 2 fully saturated rings. The van der Waals surface area contributed by atoms with Gasteiger partial charge in [0.1, 0.15) is 0 Å². The minimum atomic E-state index is -3.34. The predicted molar refractivity (Wildman–Crippen MR) is 82.6 cm³/mol. The molecule has 2 aliphatic rings. The first-order valence-electron chi connectivity index (χ1n) is 6.99. The van der Waals surface area contributed by atoms with E-state index >= 15 is 0 Å². The summed E-state index contributed by atoms with van der Waals surface area (Å²) in [4.78, 5) is 0.412. The molecular weight excluding hydrogens is 292 g/mol. The lowest BCUT2D eigenvalue weighted by atomic mass is 10.1. The van der Waals surface area contributed by atoms with Gasteiger partial charge in [0.2, 0.25) is 10.0 Å². The molecule has 0 unspecified atom stereocenters. The van der Waals surface area contributed by atoms with Crippen LogP contribution in [0.15, 0.2) is 29.2 Å². The monoisotopic (exact) mass is 312 g/mol. The lowest BCUT2D eigenvalue weighted by Crippen LogP contribution is -2.55. The van der Waals surface area contributed by atoms with Crippen molar-refractivity contribution in [2.75, 3.05) is 25.4 Å². The summed E-state index contributed by atoms with van der Waals surface area (Å²) in [6.45, 7) is 4.24. The summed E-state index contributed by atoms with van der Waals surface area (Å²) in [5, 5.41) is 3.88. The van der Waals surface area contributed by atoms with Gasteiger partial charge in [-0.1, -0.05) is 17.7 Å². The van der Waals surface area contributed by atoms with E-state index in [-0.39, 0.29) is 0 Å². The Kier molecular flexibility index (Phi) is 4.08. The number of hydrogen-bond acceptors (Lipinski definition) is 4. The largest absolute Gasteiger partial charge is 0.312 e. The van der Waals surface area contributed by atoms with Gasteiger partial charge in [0.25, 0.3) is 0 Å². The van der Waals surface area contributed by atoms with Crippen molar-refractivity contribution < 1.29 is 8.42 Å². The van der Waals surface area contributed by atoms with E-state index in [2.05, 4.69) is 5.32 Å². The van der Waals surface area contributed by atoms with Crippen molar-refractivity contribution in [3.8, 4) is 0 Å². The Hall–Kier alpha value is -0.560. The zero-order chi connectivity index (χ0) is 14.2. The molecular formula is C14H20N2O2S2. The van der Waals surface area contributed by atoms with Crippen molar-refractivity contribution in [2.45, 2.75) is 29.5 Å². The second-order valence-corrected chi connectivity index (χ2v) is 8.72. The van der Waals surface area contributed by atoms with Gasteiger partial charge in [0, 0.05) is 36.7 Å². The Morgan fingerprint density at radius 2 is 2.05 bits per heavy atom. The highest BCUT2D eigenvalue weighted by atomic mass is 32.2. The molecule has 2 heterocycles. The molecule has 0 saturated carbocycles. The zero-order valence-corrected chi connectivity index (χ0v) is 13.2. The molecule has 0 aromatic heterocycles. The Bertz CT molecular complexity index is 571.